The third-order valence-electron chi connectivity index (χ3n) is 16.0. The molecule has 0 radical (unpaired) electrons. The number of aromatic hydroxyl groups is 2. The summed E-state index contributed by atoms with van der Waals surface area (Å²) in [5.41, 5.74) is 4.13. The van der Waals surface area contributed by atoms with Crippen LogP contribution in [0.5, 0.6) is 17.2 Å². The molecule has 1 saturated heterocycles. The lowest BCUT2D eigenvalue weighted by Gasteiger charge is -2.63. The predicted molar refractivity (Wildman–Crippen MR) is 266 cm³/mol. The number of likely N-dealkylation sites (tertiary alicyclic amines) is 1. The van der Waals surface area contributed by atoms with E-state index in [1.807, 2.05) is 28.8 Å². The molecule has 7 aliphatic rings. The zero-order chi connectivity index (χ0) is 49.6. The second-order valence-electron chi connectivity index (χ2n) is 20.3. The highest BCUT2D eigenvalue weighted by Gasteiger charge is 2.73. The van der Waals surface area contributed by atoms with Gasteiger partial charge in [-0.2, -0.15) is 0 Å². The fourth-order valence-electron chi connectivity index (χ4n) is 12.6. The molecule has 3 amide bonds. The molecule has 1 aromatic heterocycles. The summed E-state index contributed by atoms with van der Waals surface area (Å²) in [6.45, 7) is 1.89. The van der Waals surface area contributed by atoms with E-state index in [4.69, 9.17) is 9.15 Å². The van der Waals surface area contributed by atoms with Crippen molar-refractivity contribution in [2.45, 2.75) is 87.5 Å². The van der Waals surface area contributed by atoms with Crippen molar-refractivity contribution in [1.29, 1.82) is 0 Å². The molecule has 16 heteroatoms. The standard InChI is InChI=1S/C56H53N5O11/c62-33-13-16-37-43(24-33)71-44-25-34(63)14-17-38(44)49(37)36-15-12-32(23-39(36)54(68)69)59-47(66)27-58-46(65)8-2-1-5-20-57-48(67)29-61-41-7-4-3-6-35(41)40-26-56(70)45-22-31-11-18-42(64)52-50(31)55(56,53(72-52)51(40)61)19-21-60(45)28-30-9-10-30/h3-4,6-7,11-18,23-25,30,45,53,62,64,70H,1-2,5,8-10,19-22,26-29H2,(H,57,67)(H,58,65)(H,59,66)(H,68,69). The summed E-state index contributed by atoms with van der Waals surface area (Å²) in [6.07, 6.45) is 5.57. The van der Waals surface area contributed by atoms with Crippen molar-refractivity contribution in [3.05, 3.63) is 129 Å². The fourth-order valence-corrected chi connectivity index (χ4v) is 12.6. The number of phenolic OH excluding ortho intramolecular Hbond substituents is 2. The first kappa shape index (κ1) is 45.4. The number of rotatable bonds is 15. The largest absolute Gasteiger partial charge is 0.508 e. The highest BCUT2D eigenvalue weighted by Crippen LogP contribution is 2.69. The number of carboxylic acids is 1. The number of ether oxygens (including phenoxy) is 1. The quantitative estimate of drug-likeness (QED) is 0.0417. The lowest BCUT2D eigenvalue weighted by Crippen LogP contribution is -2.74. The number of aromatic carboxylic acids is 1. The van der Waals surface area contributed by atoms with Gasteiger partial charge in [0.25, 0.3) is 0 Å². The third-order valence-corrected chi connectivity index (χ3v) is 16.0. The molecule has 12 rings (SSSR count). The summed E-state index contributed by atoms with van der Waals surface area (Å²) >= 11 is 0. The van der Waals surface area contributed by atoms with Crippen LogP contribution in [0.2, 0.25) is 0 Å². The van der Waals surface area contributed by atoms with Crippen LogP contribution in [-0.2, 0) is 39.2 Å². The van der Waals surface area contributed by atoms with Crippen LogP contribution < -0.4 is 26.1 Å². The first-order chi connectivity index (χ1) is 34.8. The Bertz CT molecular complexity index is 3450. The lowest BCUT2D eigenvalue weighted by molar-refractivity contribution is -0.173. The van der Waals surface area contributed by atoms with Crippen molar-refractivity contribution < 1.29 is 48.8 Å². The summed E-state index contributed by atoms with van der Waals surface area (Å²) in [6, 6.07) is 24.7. The van der Waals surface area contributed by atoms with Crippen molar-refractivity contribution in [3.8, 4) is 39.7 Å². The number of hydrogen-bond donors (Lipinski definition) is 7. The summed E-state index contributed by atoms with van der Waals surface area (Å²) < 4.78 is 14.8. The number of carbonyl (C=O) groups excluding carboxylic acids is 3. The van der Waals surface area contributed by atoms with Gasteiger partial charge in [0.1, 0.15) is 23.6 Å². The number of aromatic nitrogens is 1. The zero-order valence-electron chi connectivity index (χ0n) is 39.3. The molecule has 4 aliphatic carbocycles. The Morgan fingerprint density at radius 2 is 1.67 bits per heavy atom. The van der Waals surface area contributed by atoms with Crippen LogP contribution in [0.4, 0.5) is 5.69 Å². The van der Waals surface area contributed by atoms with Gasteiger partial charge in [0.2, 0.25) is 17.7 Å². The van der Waals surface area contributed by atoms with Gasteiger partial charge in [-0.1, -0.05) is 36.8 Å². The van der Waals surface area contributed by atoms with Gasteiger partial charge in [-0.25, -0.2) is 4.79 Å². The van der Waals surface area contributed by atoms with E-state index in [1.165, 1.54) is 43.2 Å². The van der Waals surface area contributed by atoms with E-state index in [9.17, 15) is 44.4 Å². The molecule has 4 aromatic carbocycles. The van der Waals surface area contributed by atoms with Gasteiger partial charge in [-0.05, 0) is 116 Å². The smallest absolute Gasteiger partial charge is 0.336 e. The van der Waals surface area contributed by atoms with E-state index in [0.717, 1.165) is 46.4 Å². The molecular weight excluding hydrogens is 919 g/mol. The van der Waals surface area contributed by atoms with E-state index in [0.29, 0.717) is 78.8 Å². The van der Waals surface area contributed by atoms with Crippen LogP contribution in [0.25, 0.3) is 44.3 Å². The number of fused-ring (bicyclic) bond motifs is 6. The van der Waals surface area contributed by atoms with E-state index >= 15 is 0 Å². The molecular formula is C56H53N5O11. The van der Waals surface area contributed by atoms with E-state index in [-0.39, 0.29) is 76.9 Å². The molecule has 7 N–H and O–H groups in total. The van der Waals surface area contributed by atoms with Crippen molar-refractivity contribution in [1.82, 2.24) is 20.1 Å². The average Bonchev–Trinajstić information content (AvgIpc) is 4.04. The van der Waals surface area contributed by atoms with Crippen molar-refractivity contribution >= 4 is 51.3 Å². The number of aliphatic hydroxyl groups is 1. The summed E-state index contributed by atoms with van der Waals surface area (Å²) in [4.78, 5) is 66.9. The minimum atomic E-state index is -1.26. The van der Waals surface area contributed by atoms with Crippen molar-refractivity contribution in [2.24, 2.45) is 5.92 Å². The van der Waals surface area contributed by atoms with Crippen LogP contribution in [0, 0.1) is 5.92 Å². The zero-order valence-corrected chi connectivity index (χ0v) is 39.3. The Morgan fingerprint density at radius 1 is 0.833 bits per heavy atom. The minimum absolute atomic E-state index is 0.0389. The Morgan fingerprint density at radius 3 is 2.50 bits per heavy atom. The molecule has 3 aliphatic heterocycles. The second kappa shape index (κ2) is 17.3. The predicted octanol–water partition coefficient (Wildman–Crippen LogP) is 6.76. The maximum Gasteiger partial charge on any atom is 0.336 e. The number of phenols is 2. The van der Waals surface area contributed by atoms with E-state index in [1.54, 1.807) is 30.3 Å². The van der Waals surface area contributed by atoms with Gasteiger partial charge in [-0.3, -0.25) is 24.1 Å². The van der Waals surface area contributed by atoms with Gasteiger partial charge in [-0.15, -0.1) is 0 Å². The van der Waals surface area contributed by atoms with Gasteiger partial charge in [0.15, 0.2) is 23.0 Å². The first-order valence-electron chi connectivity index (χ1n) is 24.8. The molecule has 368 valence electrons. The molecule has 16 nitrogen and oxygen atoms in total. The van der Waals surface area contributed by atoms with Crippen LogP contribution in [-0.4, -0.2) is 91.4 Å². The molecule has 4 unspecified atom stereocenters. The highest BCUT2D eigenvalue weighted by molar-refractivity contribution is 6.08. The number of carbonyl (C=O) groups is 4. The van der Waals surface area contributed by atoms with Gasteiger partial charge in [0.05, 0.1) is 28.8 Å². The molecule has 1 spiro atoms. The number of para-hydroxylation sites is 1. The molecule has 2 bridgehead atoms. The van der Waals surface area contributed by atoms with E-state index in [2.05, 4.69) is 26.9 Å². The number of nitrogens with one attached hydrogen (secondary N) is 3. The molecule has 72 heavy (non-hydrogen) atoms. The van der Waals surface area contributed by atoms with Gasteiger partial charge < -0.3 is 50.1 Å². The first-order valence-corrected chi connectivity index (χ1v) is 24.8. The van der Waals surface area contributed by atoms with Crippen LogP contribution in [0.3, 0.4) is 0 Å². The number of anilines is 1. The minimum Gasteiger partial charge on any atom is -0.508 e. The molecule has 5 aromatic rings. The summed E-state index contributed by atoms with van der Waals surface area (Å²) in [7, 11) is 0. The number of hydrogen-bond acceptors (Lipinski definition) is 11. The van der Waals surface area contributed by atoms with Gasteiger partial charge >= 0.3 is 5.97 Å². The van der Waals surface area contributed by atoms with Crippen LogP contribution in [0.15, 0.2) is 100 Å². The average molecular weight is 972 g/mol. The topological polar surface area (TPSA) is 233 Å². The summed E-state index contributed by atoms with van der Waals surface area (Å²) in [5.74, 6) is -1.01. The molecule has 1 saturated carbocycles. The fraction of sp³-hybridized carbons (Fsp3) is 0.339. The number of nitrogens with zero attached hydrogens (tertiary/aromatic N) is 2. The normalized spacial score (nSPS) is 21.5. The Balaban J connectivity index is 0.661. The molecule has 4 heterocycles. The monoisotopic (exact) mass is 971 g/mol. The lowest BCUT2D eigenvalue weighted by atomic mass is 9.49. The van der Waals surface area contributed by atoms with Crippen molar-refractivity contribution in [3.63, 3.8) is 0 Å². The Hall–Kier alpha value is -7.69. The number of amides is 3. The summed E-state index contributed by atoms with van der Waals surface area (Å²) in [5, 5.41) is 54.7. The van der Waals surface area contributed by atoms with Gasteiger partial charge in [0, 0.05) is 82.8 Å². The Labute approximate surface area is 412 Å². The maximum absolute atomic E-state index is 13.8. The van der Waals surface area contributed by atoms with Crippen molar-refractivity contribution in [2.75, 3.05) is 31.5 Å². The number of unbranched alkanes of at least 4 members (excludes halogenated alkanes) is 2. The Kier molecular flexibility index (Phi) is 10.9. The van der Waals surface area contributed by atoms with Crippen LogP contribution in [0.1, 0.15) is 83.8 Å². The molecule has 2 fully saturated rings. The number of piperidine rings is 1. The highest BCUT2D eigenvalue weighted by atomic mass is 16.5. The number of benzene rings is 5. The third kappa shape index (κ3) is 7.37. The number of carboxylic acid groups (broad SMARTS) is 1. The van der Waals surface area contributed by atoms with E-state index < -0.39 is 29.0 Å². The molecule has 4 atom stereocenters. The second-order valence-corrected chi connectivity index (χ2v) is 20.3. The van der Waals surface area contributed by atoms with Crippen LogP contribution >= 0.6 is 0 Å². The SMILES string of the molecule is O=C(CCCCCNC(=O)Cn1c2c(c3ccccc31)CC1(O)C3Cc4ccc(O)c5c4C1(CCN3CC1CC1)C2O5)NCC(=O)Nc1ccc(-c2c3ccc(=O)cc-3oc3cc(O)ccc23)c(C(=O)O)c1. The maximum atomic E-state index is 13.8.